The summed E-state index contributed by atoms with van der Waals surface area (Å²) in [6, 6.07) is 1.75. The van der Waals surface area contributed by atoms with Crippen molar-refractivity contribution in [1.82, 2.24) is 5.32 Å². The molecule has 1 aromatic rings. The largest absolute Gasteiger partial charge is 0.496 e. The topological polar surface area (TPSA) is 38.3 Å². The Balaban J connectivity index is 2.65. The predicted molar refractivity (Wildman–Crippen MR) is 70.8 cm³/mol. The van der Waals surface area contributed by atoms with Gasteiger partial charge in [-0.05, 0) is 20.3 Å². The van der Waals surface area contributed by atoms with Crippen LogP contribution in [-0.2, 0) is 0 Å². The minimum atomic E-state index is -0.197. The highest BCUT2D eigenvalue weighted by Gasteiger charge is 2.21. The number of carbonyl (C=O) groups excluding carboxylic acids is 1. The van der Waals surface area contributed by atoms with E-state index in [1.54, 1.807) is 13.2 Å². The van der Waals surface area contributed by atoms with Crippen LogP contribution in [0.15, 0.2) is 11.4 Å². The van der Waals surface area contributed by atoms with E-state index in [0.29, 0.717) is 4.88 Å². The number of ether oxygens (including phenoxy) is 1. The summed E-state index contributed by atoms with van der Waals surface area (Å²) >= 11 is 4.77. The van der Waals surface area contributed by atoms with Gasteiger partial charge in [0.05, 0.1) is 12.0 Å². The normalized spacial score (nSPS) is 11.2. The number of nitrogens with one attached hydrogen (secondary N) is 1. The van der Waals surface area contributed by atoms with Gasteiger partial charge < -0.3 is 10.1 Å². The number of amides is 1. The summed E-state index contributed by atoms with van der Waals surface area (Å²) in [5.74, 6) is 0.688. The van der Waals surface area contributed by atoms with Crippen LogP contribution in [0.1, 0.15) is 29.9 Å². The Hall–Kier alpha value is -0.550. The van der Waals surface area contributed by atoms with E-state index in [1.165, 1.54) is 11.3 Å². The molecule has 0 atom stereocenters. The molecule has 0 bridgehead atoms. The molecule has 0 aromatic carbocycles. The van der Waals surface area contributed by atoms with Crippen molar-refractivity contribution in [3.63, 3.8) is 0 Å². The third-order valence-corrected chi connectivity index (χ3v) is 3.51. The molecule has 1 amide bonds. The molecule has 90 valence electrons. The van der Waals surface area contributed by atoms with E-state index in [4.69, 9.17) is 4.74 Å². The lowest BCUT2D eigenvalue weighted by atomic mass is 10.0. The molecule has 0 spiro atoms. The molecular formula is C11H16BrNO2S. The first-order valence-electron chi connectivity index (χ1n) is 4.99. The number of carbonyl (C=O) groups is 1. The first-order chi connectivity index (χ1) is 7.48. The van der Waals surface area contributed by atoms with Crippen LogP contribution in [-0.4, -0.2) is 23.9 Å². The van der Waals surface area contributed by atoms with Gasteiger partial charge >= 0.3 is 0 Å². The lowest BCUT2D eigenvalue weighted by Gasteiger charge is -2.24. The number of methoxy groups -OCH3 is 1. The van der Waals surface area contributed by atoms with Crippen LogP contribution in [0, 0.1) is 0 Å². The molecule has 0 radical (unpaired) electrons. The smallest absolute Gasteiger partial charge is 0.261 e. The maximum Gasteiger partial charge on any atom is 0.261 e. The summed E-state index contributed by atoms with van der Waals surface area (Å²) in [4.78, 5) is 12.6. The molecule has 1 N–H and O–H groups in total. The number of hydrogen-bond acceptors (Lipinski definition) is 3. The average Bonchev–Trinajstić information content (AvgIpc) is 2.64. The summed E-state index contributed by atoms with van der Waals surface area (Å²) in [6.07, 6.45) is 0.890. The first-order valence-corrected chi connectivity index (χ1v) is 6.99. The zero-order chi connectivity index (χ0) is 12.2. The Bertz CT molecular complexity index is 363. The number of halogens is 1. The van der Waals surface area contributed by atoms with Gasteiger partial charge in [0, 0.05) is 22.3 Å². The second kappa shape index (κ2) is 5.68. The molecule has 0 saturated heterocycles. The van der Waals surface area contributed by atoms with Gasteiger partial charge in [0.25, 0.3) is 5.91 Å². The zero-order valence-corrected chi connectivity index (χ0v) is 12.1. The fourth-order valence-corrected chi connectivity index (χ4v) is 2.95. The average molecular weight is 306 g/mol. The molecule has 1 heterocycles. The van der Waals surface area contributed by atoms with Crippen molar-refractivity contribution in [3.8, 4) is 5.75 Å². The summed E-state index contributed by atoms with van der Waals surface area (Å²) in [5.41, 5.74) is -0.197. The van der Waals surface area contributed by atoms with E-state index in [-0.39, 0.29) is 11.4 Å². The molecule has 0 aliphatic rings. The van der Waals surface area contributed by atoms with Gasteiger partial charge in [-0.3, -0.25) is 4.79 Å². The quantitative estimate of drug-likeness (QED) is 0.849. The van der Waals surface area contributed by atoms with Crippen molar-refractivity contribution in [1.29, 1.82) is 0 Å². The number of rotatable bonds is 5. The van der Waals surface area contributed by atoms with Gasteiger partial charge in [0.2, 0.25) is 0 Å². The van der Waals surface area contributed by atoms with Crippen LogP contribution in [0.3, 0.4) is 0 Å². The first kappa shape index (κ1) is 13.5. The Morgan fingerprint density at radius 1 is 1.62 bits per heavy atom. The van der Waals surface area contributed by atoms with E-state index >= 15 is 0 Å². The molecule has 0 unspecified atom stereocenters. The molecule has 16 heavy (non-hydrogen) atoms. The van der Waals surface area contributed by atoms with Gasteiger partial charge in [-0.2, -0.15) is 0 Å². The maximum absolute atomic E-state index is 11.9. The van der Waals surface area contributed by atoms with Gasteiger partial charge in [-0.15, -0.1) is 11.3 Å². The van der Waals surface area contributed by atoms with E-state index < -0.39 is 0 Å². The van der Waals surface area contributed by atoms with Crippen molar-refractivity contribution >= 4 is 33.2 Å². The highest BCUT2D eigenvalue weighted by atomic mass is 79.9. The van der Waals surface area contributed by atoms with Crippen molar-refractivity contribution in [3.05, 3.63) is 16.3 Å². The van der Waals surface area contributed by atoms with Crippen LogP contribution in [0.4, 0.5) is 0 Å². The second-order valence-corrected chi connectivity index (χ2v) is 5.83. The van der Waals surface area contributed by atoms with Crippen LogP contribution in [0.25, 0.3) is 0 Å². The summed E-state index contributed by atoms with van der Waals surface area (Å²) < 4.78 is 5.05. The molecule has 1 aromatic heterocycles. The molecule has 1 rings (SSSR count). The Morgan fingerprint density at radius 3 is 2.81 bits per heavy atom. The summed E-state index contributed by atoms with van der Waals surface area (Å²) in [7, 11) is 1.60. The Labute approximate surface area is 108 Å². The molecular weight excluding hydrogens is 290 g/mol. The molecule has 5 heteroatoms. The van der Waals surface area contributed by atoms with Crippen molar-refractivity contribution in [2.75, 3.05) is 12.4 Å². The van der Waals surface area contributed by atoms with Crippen molar-refractivity contribution in [2.24, 2.45) is 0 Å². The van der Waals surface area contributed by atoms with Gasteiger partial charge in [0.15, 0.2) is 0 Å². The minimum Gasteiger partial charge on any atom is -0.496 e. The predicted octanol–water partition coefficient (Wildman–Crippen LogP) is 3.05. The van der Waals surface area contributed by atoms with Gasteiger partial charge in [0.1, 0.15) is 5.75 Å². The SMILES string of the molecule is COc1csc(C(=O)NC(C)(C)CCBr)c1. The fourth-order valence-electron chi connectivity index (χ4n) is 1.21. The molecule has 0 fully saturated rings. The molecule has 3 nitrogen and oxygen atoms in total. The van der Waals surface area contributed by atoms with Crippen LogP contribution in [0.5, 0.6) is 5.75 Å². The lowest BCUT2D eigenvalue weighted by molar-refractivity contribution is 0.0916. The van der Waals surface area contributed by atoms with Crippen LogP contribution < -0.4 is 10.1 Å². The minimum absolute atomic E-state index is 0.0424. The summed E-state index contributed by atoms with van der Waals surface area (Å²) in [5, 5.41) is 5.69. The number of hydrogen-bond donors (Lipinski definition) is 1. The van der Waals surface area contributed by atoms with Crippen molar-refractivity contribution < 1.29 is 9.53 Å². The molecule has 0 saturated carbocycles. The van der Waals surface area contributed by atoms with Crippen LogP contribution >= 0.6 is 27.3 Å². The monoisotopic (exact) mass is 305 g/mol. The Morgan fingerprint density at radius 2 is 2.31 bits per heavy atom. The Kier molecular flexibility index (Phi) is 4.80. The fraction of sp³-hybridized carbons (Fsp3) is 0.545. The second-order valence-electron chi connectivity index (χ2n) is 4.13. The maximum atomic E-state index is 11.9. The van der Waals surface area contributed by atoms with E-state index in [1.807, 2.05) is 19.2 Å². The van der Waals surface area contributed by atoms with Crippen molar-refractivity contribution in [2.45, 2.75) is 25.8 Å². The van der Waals surface area contributed by atoms with E-state index in [9.17, 15) is 4.79 Å². The lowest BCUT2D eigenvalue weighted by Crippen LogP contribution is -2.43. The van der Waals surface area contributed by atoms with Gasteiger partial charge in [-0.1, -0.05) is 15.9 Å². The molecule has 0 aliphatic heterocycles. The van der Waals surface area contributed by atoms with E-state index in [2.05, 4.69) is 21.2 Å². The number of alkyl halides is 1. The molecule has 0 aliphatic carbocycles. The zero-order valence-electron chi connectivity index (χ0n) is 9.67. The summed E-state index contributed by atoms with van der Waals surface area (Å²) in [6.45, 7) is 4.02. The van der Waals surface area contributed by atoms with Crippen LogP contribution in [0.2, 0.25) is 0 Å². The van der Waals surface area contributed by atoms with E-state index in [0.717, 1.165) is 17.5 Å². The standard InChI is InChI=1S/C11H16BrNO2S/c1-11(2,4-5-12)13-10(14)9-6-8(15-3)7-16-9/h6-7H,4-5H2,1-3H3,(H,13,14). The highest BCUT2D eigenvalue weighted by molar-refractivity contribution is 9.09. The van der Waals surface area contributed by atoms with Gasteiger partial charge in [-0.25, -0.2) is 0 Å². The third-order valence-electron chi connectivity index (χ3n) is 2.21. The highest BCUT2D eigenvalue weighted by Crippen LogP contribution is 2.22. The number of thiophene rings is 1. The third kappa shape index (κ3) is 3.79.